The quantitative estimate of drug-likeness (QED) is 0.442. The minimum Gasteiger partial charge on any atom is -0.306 e. The van der Waals surface area contributed by atoms with Crippen molar-refractivity contribution < 1.29 is 4.79 Å². The minimum atomic E-state index is -0.455. The van der Waals surface area contributed by atoms with Crippen LogP contribution in [0.2, 0.25) is 5.02 Å². The lowest BCUT2D eigenvalue weighted by Crippen LogP contribution is -2.32. The molecule has 33 heavy (non-hydrogen) atoms. The minimum absolute atomic E-state index is 0.0398. The van der Waals surface area contributed by atoms with Crippen molar-refractivity contribution in [3.63, 3.8) is 0 Å². The molecule has 0 unspecified atom stereocenters. The van der Waals surface area contributed by atoms with Gasteiger partial charge in [0.15, 0.2) is 11.5 Å². The van der Waals surface area contributed by atoms with Gasteiger partial charge < -0.3 is 10.6 Å². The van der Waals surface area contributed by atoms with Crippen molar-refractivity contribution >= 4 is 34.7 Å². The Morgan fingerprint density at radius 1 is 1.09 bits per heavy atom. The lowest BCUT2D eigenvalue weighted by Gasteiger charge is -2.30. The average molecular weight is 469 g/mol. The van der Waals surface area contributed by atoms with Gasteiger partial charge in [-0.05, 0) is 40.8 Å². The van der Waals surface area contributed by atoms with Crippen molar-refractivity contribution in [2.24, 2.45) is 0 Å². The first-order chi connectivity index (χ1) is 15.7. The van der Waals surface area contributed by atoms with Crippen LogP contribution in [0, 0.1) is 6.92 Å². The van der Waals surface area contributed by atoms with Gasteiger partial charge in [0, 0.05) is 12.1 Å². The molecule has 0 radical (unpaired) electrons. The van der Waals surface area contributed by atoms with Gasteiger partial charge in [-0.25, -0.2) is 19.3 Å². The number of nitrogens with zero attached hydrogens (tertiary/aromatic N) is 8. The zero-order valence-corrected chi connectivity index (χ0v) is 19.7. The summed E-state index contributed by atoms with van der Waals surface area (Å²) in [6.07, 6.45) is 6.18. The first kappa shape index (κ1) is 22.6. The fourth-order valence-corrected chi connectivity index (χ4v) is 3.70. The maximum absolute atomic E-state index is 12.8. The van der Waals surface area contributed by atoms with Gasteiger partial charge >= 0.3 is 6.03 Å². The van der Waals surface area contributed by atoms with Gasteiger partial charge in [-0.15, -0.1) is 4.80 Å². The highest BCUT2D eigenvalue weighted by Gasteiger charge is 2.23. The van der Waals surface area contributed by atoms with Crippen molar-refractivity contribution in [2.75, 3.05) is 17.7 Å². The van der Waals surface area contributed by atoms with Crippen molar-refractivity contribution in [2.45, 2.75) is 39.8 Å². The molecule has 11 nitrogen and oxygen atoms in total. The number of nitrogens with one attached hydrogen (secondary N) is 2. The fraction of sp³-hybridized carbons (Fsp3) is 0.333. The van der Waals surface area contributed by atoms with E-state index in [1.54, 1.807) is 16.8 Å². The Morgan fingerprint density at radius 2 is 1.82 bits per heavy atom. The number of rotatable bonds is 6. The summed E-state index contributed by atoms with van der Waals surface area (Å²) in [7, 11) is 2.03. The van der Waals surface area contributed by atoms with Crippen LogP contribution in [0.4, 0.5) is 16.2 Å². The molecule has 0 aliphatic carbocycles. The van der Waals surface area contributed by atoms with E-state index in [4.69, 9.17) is 11.6 Å². The molecule has 0 bridgehead atoms. The van der Waals surface area contributed by atoms with Gasteiger partial charge in [0.05, 0.1) is 58.6 Å². The smallest absolute Gasteiger partial charge is 0.306 e. The molecule has 172 valence electrons. The molecular weight excluding hydrogens is 444 g/mol. The number of amides is 2. The van der Waals surface area contributed by atoms with Crippen LogP contribution in [-0.4, -0.2) is 58.6 Å². The van der Waals surface area contributed by atoms with Crippen LogP contribution in [0.1, 0.15) is 38.2 Å². The summed E-state index contributed by atoms with van der Waals surface area (Å²) in [6.45, 7) is 8.21. The molecule has 4 aromatic rings. The summed E-state index contributed by atoms with van der Waals surface area (Å²) >= 11 is 6.30. The normalized spacial score (nSPS) is 12.5. The Balaban J connectivity index is 1.60. The Bertz CT molecular complexity index is 1280. The Morgan fingerprint density at radius 3 is 2.48 bits per heavy atom. The van der Waals surface area contributed by atoms with E-state index in [0.29, 0.717) is 22.2 Å². The number of fused-ring (bicyclic) bond motifs is 1. The van der Waals surface area contributed by atoms with E-state index >= 15 is 0 Å². The zero-order valence-electron chi connectivity index (χ0n) is 19.0. The third-order valence-corrected chi connectivity index (χ3v) is 5.68. The number of carbonyl (C=O) groups is 1. The van der Waals surface area contributed by atoms with Crippen LogP contribution in [-0.2, 0) is 0 Å². The van der Waals surface area contributed by atoms with Crippen LogP contribution in [0.15, 0.2) is 36.9 Å². The molecule has 0 fully saturated rings. The molecule has 0 saturated heterocycles. The second kappa shape index (κ2) is 9.12. The standard InChI is InChI=1S/C21H25ClN10O/c1-12(2)30(5)14(4)19-17(11-23-18-8-13(3)29-31(18)19)28-21(33)27-15-9-16(22)20(24-10-15)32-25-6-7-26-32/h6-12,14H,1-5H3,(H2,27,28,33)/t14-/m1/s1. The highest BCUT2D eigenvalue weighted by atomic mass is 35.5. The van der Waals surface area contributed by atoms with E-state index < -0.39 is 6.03 Å². The number of hydrogen-bond donors (Lipinski definition) is 2. The average Bonchev–Trinajstić information content (AvgIpc) is 3.41. The second-order valence-electron chi connectivity index (χ2n) is 7.98. The van der Waals surface area contributed by atoms with E-state index in [1.807, 2.05) is 20.0 Å². The van der Waals surface area contributed by atoms with E-state index in [1.165, 1.54) is 23.4 Å². The van der Waals surface area contributed by atoms with E-state index in [9.17, 15) is 4.79 Å². The summed E-state index contributed by atoms with van der Waals surface area (Å²) in [5.41, 5.74) is 3.37. The predicted molar refractivity (Wildman–Crippen MR) is 126 cm³/mol. The third kappa shape index (κ3) is 4.64. The summed E-state index contributed by atoms with van der Waals surface area (Å²) in [6, 6.07) is 3.28. The highest BCUT2D eigenvalue weighted by molar-refractivity contribution is 6.32. The van der Waals surface area contributed by atoms with Crippen molar-refractivity contribution in [3.8, 4) is 5.82 Å². The van der Waals surface area contributed by atoms with Gasteiger partial charge in [-0.1, -0.05) is 11.6 Å². The second-order valence-corrected chi connectivity index (χ2v) is 8.38. The molecule has 4 rings (SSSR count). The van der Waals surface area contributed by atoms with Crippen molar-refractivity contribution in [1.29, 1.82) is 0 Å². The van der Waals surface area contributed by atoms with E-state index in [-0.39, 0.29) is 12.1 Å². The first-order valence-electron chi connectivity index (χ1n) is 10.4. The number of carbonyl (C=O) groups excluding carboxylic acids is 1. The summed E-state index contributed by atoms with van der Waals surface area (Å²) in [5, 5.41) is 18.6. The van der Waals surface area contributed by atoms with Crippen LogP contribution < -0.4 is 10.6 Å². The first-order valence-corrected chi connectivity index (χ1v) is 10.8. The van der Waals surface area contributed by atoms with Crippen molar-refractivity contribution in [1.82, 2.24) is 39.5 Å². The Kier molecular flexibility index (Phi) is 6.25. The van der Waals surface area contributed by atoms with Gasteiger partial charge in [0.2, 0.25) is 0 Å². The predicted octanol–water partition coefficient (Wildman–Crippen LogP) is 3.71. The molecule has 0 aliphatic rings. The number of pyridine rings is 1. The van der Waals surface area contributed by atoms with Crippen LogP contribution in [0.5, 0.6) is 0 Å². The molecule has 0 aromatic carbocycles. The van der Waals surface area contributed by atoms with E-state index in [0.717, 1.165) is 17.0 Å². The van der Waals surface area contributed by atoms with Crippen LogP contribution >= 0.6 is 11.6 Å². The number of urea groups is 1. The number of aromatic nitrogens is 7. The molecule has 0 saturated carbocycles. The van der Waals surface area contributed by atoms with Crippen LogP contribution in [0.3, 0.4) is 0 Å². The molecule has 2 N–H and O–H groups in total. The molecular formula is C21H25ClN10O. The molecule has 0 spiro atoms. The molecule has 12 heteroatoms. The van der Waals surface area contributed by atoms with Crippen LogP contribution in [0.25, 0.3) is 11.5 Å². The maximum atomic E-state index is 12.8. The van der Waals surface area contributed by atoms with Gasteiger partial charge in [-0.2, -0.15) is 15.3 Å². The van der Waals surface area contributed by atoms with Gasteiger partial charge in [0.25, 0.3) is 0 Å². The Labute approximate surface area is 195 Å². The molecule has 4 heterocycles. The topological polar surface area (TPSA) is 118 Å². The number of halogens is 1. The highest BCUT2D eigenvalue weighted by Crippen LogP contribution is 2.28. The zero-order chi connectivity index (χ0) is 23.7. The monoisotopic (exact) mass is 468 g/mol. The summed E-state index contributed by atoms with van der Waals surface area (Å²) in [4.78, 5) is 25.0. The largest absolute Gasteiger partial charge is 0.323 e. The lowest BCUT2D eigenvalue weighted by molar-refractivity contribution is 0.205. The number of hydrogen-bond acceptors (Lipinski definition) is 7. The fourth-order valence-electron chi connectivity index (χ4n) is 3.46. The van der Waals surface area contributed by atoms with Crippen molar-refractivity contribution in [3.05, 3.63) is 53.3 Å². The SMILES string of the molecule is Cc1cc2ncc(NC(=O)Nc3cnc(-n4nccn4)c(Cl)c3)c([C@@H](C)N(C)C(C)C)n2n1. The molecule has 4 aromatic heterocycles. The molecule has 2 amide bonds. The molecule has 0 aliphatic heterocycles. The third-order valence-electron chi connectivity index (χ3n) is 5.40. The van der Waals surface area contributed by atoms with Gasteiger partial charge in [0.1, 0.15) is 0 Å². The van der Waals surface area contributed by atoms with Gasteiger partial charge in [-0.3, -0.25) is 4.90 Å². The van der Waals surface area contributed by atoms with E-state index in [2.05, 4.69) is 61.6 Å². The number of anilines is 2. The Hall–Kier alpha value is -3.57. The lowest BCUT2D eigenvalue weighted by atomic mass is 10.1. The number of aryl methyl sites for hydroxylation is 1. The summed E-state index contributed by atoms with van der Waals surface area (Å²) < 4.78 is 1.78. The molecule has 1 atom stereocenters. The summed E-state index contributed by atoms with van der Waals surface area (Å²) in [5.74, 6) is 0.365. The maximum Gasteiger partial charge on any atom is 0.323 e.